The Morgan fingerprint density at radius 1 is 0.976 bits per heavy atom. The van der Waals surface area contributed by atoms with E-state index in [-0.39, 0.29) is 23.9 Å². The van der Waals surface area contributed by atoms with Crippen molar-refractivity contribution in [2.24, 2.45) is 0 Å². The first-order valence-electron chi connectivity index (χ1n) is 14.1. The molecule has 2 atom stereocenters. The van der Waals surface area contributed by atoms with E-state index in [1.165, 1.54) is 0 Å². The maximum absolute atomic E-state index is 13.6. The molecule has 0 radical (unpaired) electrons. The third-order valence-electron chi connectivity index (χ3n) is 7.91. The van der Waals surface area contributed by atoms with Gasteiger partial charge in [-0.25, -0.2) is 4.98 Å². The van der Waals surface area contributed by atoms with E-state index in [4.69, 9.17) is 28.9 Å². The van der Waals surface area contributed by atoms with Crippen molar-refractivity contribution in [3.05, 3.63) is 93.7 Å². The number of hydrogen-bond acceptors (Lipinski definition) is 4. The van der Waals surface area contributed by atoms with Crippen molar-refractivity contribution in [3.63, 3.8) is 0 Å². The first-order chi connectivity index (χ1) is 19.8. The summed E-state index contributed by atoms with van der Waals surface area (Å²) in [5.74, 6) is 0.550. The SMILES string of the molecule is CC1CN(C(=O)CCc2ccc(Cl)cc2Cl)C(CCCc2cnc(N)[nH]2)CN1C(=O)Cc1ccc2ccccc2c1. The van der Waals surface area contributed by atoms with E-state index >= 15 is 0 Å². The second-order valence-corrected chi connectivity index (χ2v) is 11.7. The molecule has 7 nitrogen and oxygen atoms in total. The van der Waals surface area contributed by atoms with Gasteiger partial charge in [-0.05, 0) is 66.6 Å². The monoisotopic (exact) mass is 591 g/mol. The summed E-state index contributed by atoms with van der Waals surface area (Å²) in [7, 11) is 0. The minimum Gasteiger partial charge on any atom is -0.369 e. The van der Waals surface area contributed by atoms with Crippen molar-refractivity contribution < 1.29 is 9.59 Å². The number of anilines is 1. The molecule has 0 spiro atoms. The molecule has 1 aromatic heterocycles. The summed E-state index contributed by atoms with van der Waals surface area (Å²) in [4.78, 5) is 38.2. The maximum Gasteiger partial charge on any atom is 0.227 e. The van der Waals surface area contributed by atoms with Crippen LogP contribution in [0, 0.1) is 0 Å². The predicted octanol–water partition coefficient (Wildman–Crippen LogP) is 6.08. The van der Waals surface area contributed by atoms with E-state index in [1.807, 2.05) is 41.0 Å². The van der Waals surface area contributed by atoms with Crippen LogP contribution >= 0.6 is 23.2 Å². The van der Waals surface area contributed by atoms with Crippen LogP contribution in [-0.2, 0) is 28.9 Å². The minimum absolute atomic E-state index is 0.0697. The fourth-order valence-electron chi connectivity index (χ4n) is 5.70. The molecule has 0 saturated carbocycles. The number of H-pyrrole nitrogens is 1. The van der Waals surface area contributed by atoms with Crippen molar-refractivity contribution in [1.29, 1.82) is 0 Å². The number of fused-ring (bicyclic) bond motifs is 1. The summed E-state index contributed by atoms with van der Waals surface area (Å²) in [5.41, 5.74) is 8.59. The van der Waals surface area contributed by atoms with Gasteiger partial charge in [-0.3, -0.25) is 9.59 Å². The number of carbonyl (C=O) groups excluding carboxylic acids is 2. The van der Waals surface area contributed by atoms with Crippen LogP contribution in [0.2, 0.25) is 10.0 Å². The van der Waals surface area contributed by atoms with Gasteiger partial charge in [0.05, 0.1) is 12.6 Å². The number of rotatable bonds is 9. The zero-order chi connectivity index (χ0) is 28.9. The van der Waals surface area contributed by atoms with Gasteiger partial charge in [0.1, 0.15) is 0 Å². The molecule has 41 heavy (non-hydrogen) atoms. The third kappa shape index (κ3) is 7.21. The number of aryl methyl sites for hydroxylation is 2. The van der Waals surface area contributed by atoms with Crippen molar-refractivity contribution in [3.8, 4) is 0 Å². The number of piperazine rings is 1. The zero-order valence-corrected chi connectivity index (χ0v) is 24.7. The molecule has 2 unspecified atom stereocenters. The number of nitrogens with two attached hydrogens (primary N) is 1. The molecule has 2 heterocycles. The highest BCUT2D eigenvalue weighted by Crippen LogP contribution is 2.26. The lowest BCUT2D eigenvalue weighted by atomic mass is 9.98. The zero-order valence-electron chi connectivity index (χ0n) is 23.2. The standard InChI is InChI=1S/C32H35Cl2N5O2/c1-21-19-39(30(40)14-12-24-11-13-26(33)17-29(24)34)28(8-4-7-27-18-36-32(35)37-27)20-38(21)31(41)16-22-9-10-23-5-2-3-6-25(23)15-22/h2-3,5-6,9-11,13,15,17-18,21,28H,4,7-8,12,14,16,19-20H2,1H3,(H3,35,36,37). The lowest BCUT2D eigenvalue weighted by Gasteiger charge is -2.45. The fourth-order valence-corrected chi connectivity index (χ4v) is 6.21. The lowest BCUT2D eigenvalue weighted by molar-refractivity contribution is -0.146. The minimum atomic E-state index is -0.0883. The Labute approximate surface area is 250 Å². The molecular formula is C32H35Cl2N5O2. The van der Waals surface area contributed by atoms with Gasteiger partial charge in [-0.2, -0.15) is 0 Å². The third-order valence-corrected chi connectivity index (χ3v) is 8.49. The number of benzene rings is 3. The molecule has 1 saturated heterocycles. The first kappa shape index (κ1) is 29.0. The van der Waals surface area contributed by atoms with Crippen LogP contribution in [0.4, 0.5) is 5.95 Å². The number of imidazole rings is 1. The van der Waals surface area contributed by atoms with Crippen molar-refractivity contribution in [2.75, 3.05) is 18.8 Å². The van der Waals surface area contributed by atoms with Gasteiger partial charge >= 0.3 is 0 Å². The molecule has 1 aliphatic heterocycles. The highest BCUT2D eigenvalue weighted by Gasteiger charge is 2.36. The normalized spacial score (nSPS) is 17.2. The van der Waals surface area contributed by atoms with Crippen LogP contribution in [0.5, 0.6) is 0 Å². The Morgan fingerprint density at radius 2 is 1.78 bits per heavy atom. The second-order valence-electron chi connectivity index (χ2n) is 10.9. The van der Waals surface area contributed by atoms with Crippen LogP contribution < -0.4 is 5.73 Å². The van der Waals surface area contributed by atoms with Gasteiger partial charge in [0.15, 0.2) is 5.95 Å². The van der Waals surface area contributed by atoms with E-state index < -0.39 is 0 Å². The van der Waals surface area contributed by atoms with Crippen LogP contribution in [0.1, 0.15) is 43.0 Å². The van der Waals surface area contributed by atoms with E-state index in [1.54, 1.807) is 18.3 Å². The molecule has 4 aromatic rings. The number of nitrogens with zero attached hydrogens (tertiary/aromatic N) is 3. The average molecular weight is 593 g/mol. The van der Waals surface area contributed by atoms with Crippen LogP contribution in [0.25, 0.3) is 10.8 Å². The molecule has 1 fully saturated rings. The average Bonchev–Trinajstić information content (AvgIpc) is 3.37. The maximum atomic E-state index is 13.6. The Kier molecular flexibility index (Phi) is 9.15. The van der Waals surface area contributed by atoms with Crippen molar-refractivity contribution in [2.45, 2.75) is 57.5 Å². The Balaban J connectivity index is 1.28. The molecular weight excluding hydrogens is 557 g/mol. The number of aromatic nitrogens is 2. The predicted molar refractivity (Wildman–Crippen MR) is 165 cm³/mol. The Bertz CT molecular complexity index is 1540. The fraction of sp³-hybridized carbons (Fsp3) is 0.344. The van der Waals surface area contributed by atoms with Crippen molar-refractivity contribution >= 4 is 51.7 Å². The highest BCUT2D eigenvalue weighted by atomic mass is 35.5. The van der Waals surface area contributed by atoms with E-state index in [2.05, 4.69) is 34.2 Å². The lowest BCUT2D eigenvalue weighted by Crippen LogP contribution is -2.60. The summed E-state index contributed by atoms with van der Waals surface area (Å²) < 4.78 is 0. The summed E-state index contributed by atoms with van der Waals surface area (Å²) in [6, 6.07) is 19.5. The highest BCUT2D eigenvalue weighted by molar-refractivity contribution is 6.35. The second kappa shape index (κ2) is 13.0. The van der Waals surface area contributed by atoms with E-state index in [0.29, 0.717) is 48.3 Å². The van der Waals surface area contributed by atoms with Gasteiger partial charge in [-0.15, -0.1) is 0 Å². The van der Waals surface area contributed by atoms with Crippen LogP contribution in [0.3, 0.4) is 0 Å². The number of aromatic amines is 1. The quantitative estimate of drug-likeness (QED) is 0.246. The topological polar surface area (TPSA) is 95.3 Å². The molecule has 9 heteroatoms. The van der Waals surface area contributed by atoms with Crippen LogP contribution in [0.15, 0.2) is 66.9 Å². The number of nitrogen functional groups attached to an aromatic ring is 1. The summed E-state index contributed by atoms with van der Waals surface area (Å²) in [5, 5.41) is 3.42. The van der Waals surface area contributed by atoms with Gasteiger partial charge in [0.25, 0.3) is 0 Å². The van der Waals surface area contributed by atoms with Crippen LogP contribution in [-0.4, -0.2) is 56.8 Å². The largest absolute Gasteiger partial charge is 0.369 e. The van der Waals surface area contributed by atoms with Crippen molar-refractivity contribution in [1.82, 2.24) is 19.8 Å². The van der Waals surface area contributed by atoms with Gasteiger partial charge < -0.3 is 20.5 Å². The van der Waals surface area contributed by atoms with E-state index in [0.717, 1.165) is 46.9 Å². The summed E-state index contributed by atoms with van der Waals surface area (Å²) >= 11 is 12.4. The number of hydrogen-bond donors (Lipinski definition) is 2. The molecule has 214 valence electrons. The number of halogens is 2. The smallest absolute Gasteiger partial charge is 0.227 e. The number of nitrogens with one attached hydrogen (secondary N) is 1. The van der Waals surface area contributed by atoms with E-state index in [9.17, 15) is 9.59 Å². The molecule has 0 bridgehead atoms. The summed E-state index contributed by atoms with van der Waals surface area (Å²) in [6.07, 6.45) is 5.31. The Morgan fingerprint density at radius 3 is 2.54 bits per heavy atom. The van der Waals surface area contributed by atoms with Gasteiger partial charge in [-0.1, -0.05) is 71.7 Å². The molecule has 2 amide bonds. The Hall–Kier alpha value is -3.55. The molecule has 5 rings (SSSR count). The molecule has 3 N–H and O–H groups in total. The molecule has 0 aliphatic carbocycles. The summed E-state index contributed by atoms with van der Waals surface area (Å²) in [6.45, 7) is 3.03. The number of carbonyl (C=O) groups is 2. The number of amides is 2. The van der Waals surface area contributed by atoms with Gasteiger partial charge in [0.2, 0.25) is 11.8 Å². The molecule has 3 aromatic carbocycles. The first-order valence-corrected chi connectivity index (χ1v) is 14.8. The molecule has 1 aliphatic rings. The van der Waals surface area contributed by atoms with Gasteiger partial charge in [0, 0.05) is 47.3 Å².